The molecule has 0 bridgehead atoms. The summed E-state index contributed by atoms with van der Waals surface area (Å²) in [5.41, 5.74) is 1.97. The Labute approximate surface area is 151 Å². The fourth-order valence-corrected chi connectivity index (χ4v) is 9.18. The van der Waals surface area contributed by atoms with E-state index in [1.165, 1.54) is 25.7 Å². The van der Waals surface area contributed by atoms with Gasteiger partial charge in [0.1, 0.15) is 11.2 Å². The monoisotopic (exact) mass is 344 g/mol. The molecule has 0 aromatic carbocycles. The summed E-state index contributed by atoms with van der Waals surface area (Å²) in [6, 6.07) is 0. The van der Waals surface area contributed by atoms with Crippen molar-refractivity contribution in [2.45, 2.75) is 76.6 Å². The Bertz CT molecular complexity index is 697. The maximum absolute atomic E-state index is 10.7. The van der Waals surface area contributed by atoms with Gasteiger partial charge in [-0.3, -0.25) is 0 Å². The molecule has 138 valence electrons. The molecule has 4 saturated carbocycles. The number of fused-ring (bicyclic) bond motifs is 3. The van der Waals surface area contributed by atoms with Crippen LogP contribution in [0.25, 0.3) is 0 Å². The molecule has 1 saturated heterocycles. The van der Waals surface area contributed by atoms with E-state index in [0.717, 1.165) is 31.3 Å². The standard InChI is InChI=1S/C22H32O3/c1-18(2)16-7-5-13-14-6-8-17(23)19(14,3)10-9-15(13)20(16)12-25-22(20)11-21(18,22)24-4/h7,13-15,17,23H,5-6,8-12H2,1-4H3/t13-,14-,15-,17-,19-,20+,21-,22-/m0/s1. The summed E-state index contributed by atoms with van der Waals surface area (Å²) in [6.07, 6.45) is 9.44. The van der Waals surface area contributed by atoms with E-state index in [2.05, 4.69) is 26.8 Å². The fraction of sp³-hybridized carbons (Fsp3) is 0.909. The van der Waals surface area contributed by atoms with E-state index in [0.29, 0.717) is 5.92 Å². The van der Waals surface area contributed by atoms with Gasteiger partial charge < -0.3 is 14.6 Å². The van der Waals surface area contributed by atoms with E-state index in [4.69, 9.17) is 9.47 Å². The van der Waals surface area contributed by atoms with Crippen molar-refractivity contribution in [1.29, 1.82) is 0 Å². The third-order valence-electron chi connectivity index (χ3n) is 10.4. The third kappa shape index (κ3) is 1.23. The first kappa shape index (κ1) is 15.7. The second-order valence-corrected chi connectivity index (χ2v) is 10.8. The lowest BCUT2D eigenvalue weighted by molar-refractivity contribution is -0.249. The summed E-state index contributed by atoms with van der Waals surface area (Å²) in [6.45, 7) is 8.06. The molecule has 3 heteroatoms. The Morgan fingerprint density at radius 3 is 2.64 bits per heavy atom. The second-order valence-electron chi connectivity index (χ2n) is 10.8. The van der Waals surface area contributed by atoms with Crippen LogP contribution in [0.2, 0.25) is 0 Å². The second kappa shape index (κ2) is 4.05. The van der Waals surface area contributed by atoms with Crippen LogP contribution >= 0.6 is 0 Å². The van der Waals surface area contributed by atoms with Gasteiger partial charge in [0.15, 0.2) is 0 Å². The van der Waals surface area contributed by atoms with Crippen molar-refractivity contribution in [3.05, 3.63) is 11.6 Å². The molecule has 1 N–H and O–H groups in total. The lowest BCUT2D eigenvalue weighted by Crippen LogP contribution is -2.64. The molecule has 0 aromatic heterocycles. The minimum atomic E-state index is -0.102. The van der Waals surface area contributed by atoms with Crippen molar-refractivity contribution in [3.8, 4) is 0 Å². The van der Waals surface area contributed by atoms with Crippen LogP contribution in [0.4, 0.5) is 0 Å². The topological polar surface area (TPSA) is 38.7 Å². The van der Waals surface area contributed by atoms with Crippen molar-refractivity contribution in [3.63, 3.8) is 0 Å². The fourth-order valence-electron chi connectivity index (χ4n) is 9.18. The molecule has 2 spiro atoms. The summed E-state index contributed by atoms with van der Waals surface area (Å²) < 4.78 is 12.6. The Morgan fingerprint density at radius 1 is 1.16 bits per heavy atom. The third-order valence-corrected chi connectivity index (χ3v) is 10.4. The van der Waals surface area contributed by atoms with Gasteiger partial charge in [0.2, 0.25) is 0 Å². The van der Waals surface area contributed by atoms with Gasteiger partial charge in [0.05, 0.1) is 18.1 Å². The molecule has 0 aromatic rings. The zero-order valence-corrected chi connectivity index (χ0v) is 16.1. The number of aliphatic hydroxyl groups is 1. The molecule has 6 rings (SSSR count). The van der Waals surface area contributed by atoms with Crippen LogP contribution in [0.3, 0.4) is 0 Å². The van der Waals surface area contributed by atoms with E-state index in [1.54, 1.807) is 5.57 Å². The van der Waals surface area contributed by atoms with Gasteiger partial charge in [-0.2, -0.15) is 0 Å². The Hall–Kier alpha value is -0.380. The minimum absolute atomic E-state index is 0.0433. The van der Waals surface area contributed by atoms with E-state index in [1.807, 2.05) is 7.11 Å². The highest BCUT2D eigenvalue weighted by atomic mass is 16.6. The molecule has 1 heterocycles. The van der Waals surface area contributed by atoms with Gasteiger partial charge in [-0.15, -0.1) is 0 Å². The summed E-state index contributed by atoms with van der Waals surface area (Å²) in [4.78, 5) is 0. The molecule has 1 aliphatic heterocycles. The highest BCUT2D eigenvalue weighted by Gasteiger charge is 2.95. The highest BCUT2D eigenvalue weighted by molar-refractivity contribution is 5.56. The normalized spacial score (nSPS) is 62.7. The predicted molar refractivity (Wildman–Crippen MR) is 95.0 cm³/mol. The van der Waals surface area contributed by atoms with E-state index in [9.17, 15) is 5.11 Å². The van der Waals surface area contributed by atoms with Gasteiger partial charge in [0.25, 0.3) is 0 Å². The Kier molecular flexibility index (Phi) is 2.54. The van der Waals surface area contributed by atoms with Gasteiger partial charge in [-0.05, 0) is 55.3 Å². The smallest absolute Gasteiger partial charge is 0.113 e. The number of methoxy groups -OCH3 is 1. The van der Waals surface area contributed by atoms with Gasteiger partial charge in [0, 0.05) is 18.9 Å². The van der Waals surface area contributed by atoms with Crippen molar-refractivity contribution >= 4 is 0 Å². The Balaban J connectivity index is 1.48. The van der Waals surface area contributed by atoms with Crippen LogP contribution in [0.5, 0.6) is 0 Å². The maximum Gasteiger partial charge on any atom is 0.113 e. The first-order chi connectivity index (χ1) is 11.8. The van der Waals surface area contributed by atoms with E-state index < -0.39 is 0 Å². The van der Waals surface area contributed by atoms with Crippen molar-refractivity contribution in [1.82, 2.24) is 0 Å². The average Bonchev–Trinajstić information content (AvgIpc) is 3.22. The molecule has 25 heavy (non-hydrogen) atoms. The van der Waals surface area contributed by atoms with E-state index >= 15 is 0 Å². The van der Waals surface area contributed by atoms with Crippen LogP contribution in [-0.4, -0.2) is 36.1 Å². The first-order valence-electron chi connectivity index (χ1n) is 10.4. The molecule has 0 amide bonds. The zero-order chi connectivity index (χ0) is 17.5. The molecule has 3 nitrogen and oxygen atoms in total. The first-order valence-corrected chi connectivity index (χ1v) is 10.4. The van der Waals surface area contributed by atoms with Crippen molar-refractivity contribution < 1.29 is 14.6 Å². The van der Waals surface area contributed by atoms with Crippen LogP contribution < -0.4 is 0 Å². The lowest BCUT2D eigenvalue weighted by Gasteiger charge is -2.62. The zero-order valence-electron chi connectivity index (χ0n) is 16.1. The van der Waals surface area contributed by atoms with Crippen LogP contribution in [0, 0.1) is 34.0 Å². The Morgan fingerprint density at radius 2 is 1.96 bits per heavy atom. The summed E-state index contributed by atoms with van der Waals surface area (Å²) >= 11 is 0. The minimum Gasteiger partial charge on any atom is -0.393 e. The number of hydrogen-bond acceptors (Lipinski definition) is 3. The summed E-state index contributed by atoms with van der Waals surface area (Å²) in [5, 5.41) is 10.7. The number of allylic oxidation sites excluding steroid dienone is 1. The molecular formula is C22H32O3. The largest absolute Gasteiger partial charge is 0.393 e. The van der Waals surface area contributed by atoms with E-state index in [-0.39, 0.29) is 33.6 Å². The lowest BCUT2D eigenvalue weighted by atomic mass is 9.46. The molecule has 5 fully saturated rings. The molecule has 8 atom stereocenters. The summed E-state index contributed by atoms with van der Waals surface area (Å²) in [7, 11) is 1.90. The quantitative estimate of drug-likeness (QED) is 0.737. The number of hydrogen-bond donors (Lipinski definition) is 1. The van der Waals surface area contributed by atoms with Crippen molar-refractivity contribution in [2.24, 2.45) is 34.0 Å². The number of rotatable bonds is 1. The van der Waals surface area contributed by atoms with Crippen molar-refractivity contribution in [2.75, 3.05) is 13.7 Å². The van der Waals surface area contributed by atoms with Gasteiger partial charge >= 0.3 is 0 Å². The molecule has 0 radical (unpaired) electrons. The predicted octanol–water partition coefficient (Wildman–Crippen LogP) is 3.70. The molecule has 5 aliphatic carbocycles. The molecule has 0 unspecified atom stereocenters. The maximum atomic E-state index is 10.7. The van der Waals surface area contributed by atoms with Gasteiger partial charge in [-0.25, -0.2) is 0 Å². The van der Waals surface area contributed by atoms with Crippen LogP contribution in [0.15, 0.2) is 11.6 Å². The van der Waals surface area contributed by atoms with Crippen LogP contribution in [-0.2, 0) is 9.47 Å². The average molecular weight is 344 g/mol. The van der Waals surface area contributed by atoms with Gasteiger partial charge in [-0.1, -0.05) is 32.4 Å². The molecular weight excluding hydrogens is 312 g/mol. The highest BCUT2D eigenvalue weighted by Crippen LogP contribution is 2.88. The summed E-state index contributed by atoms with van der Waals surface area (Å²) in [5.74, 6) is 2.14. The van der Waals surface area contributed by atoms with Crippen LogP contribution in [0.1, 0.15) is 59.3 Å². The SMILES string of the molecule is CO[C@]12C[C@@]13OC[C@@]31C(=CC[C@H]3[C@@H]4CC[C@H](O)[C@@]4(C)CC[C@@H]31)C2(C)C. The number of ether oxygens (including phenoxy) is 2. The number of aliphatic hydroxyl groups excluding tert-OH is 1. The molecule has 6 aliphatic rings.